The van der Waals surface area contributed by atoms with Gasteiger partial charge in [-0.25, -0.2) is 0 Å². The topological polar surface area (TPSA) is 77.5 Å². The van der Waals surface area contributed by atoms with E-state index in [1.807, 2.05) is 23.6 Å². The molecule has 1 rings (SSSR count). The minimum atomic E-state index is -0.322. The second-order valence-corrected chi connectivity index (χ2v) is 6.18. The summed E-state index contributed by atoms with van der Waals surface area (Å²) in [5.41, 5.74) is 0. The number of hydrogen-bond donors (Lipinski definition) is 0. The van der Waals surface area contributed by atoms with Gasteiger partial charge in [-0.05, 0) is 37.4 Å². The Morgan fingerprint density at radius 1 is 0.750 bits per heavy atom. The van der Waals surface area contributed by atoms with Gasteiger partial charge in [-0.3, -0.25) is 19.4 Å². The third kappa shape index (κ3) is 9.80. The first kappa shape index (κ1) is 24.0. The Balaban J connectivity index is 2.40. The van der Waals surface area contributed by atoms with Crippen LogP contribution in [0.4, 0.5) is 0 Å². The average Bonchev–Trinajstić information content (AvgIpc) is 2.69. The third-order valence-electron chi connectivity index (χ3n) is 4.07. The molecule has 0 aliphatic carbocycles. The molecular weight excluding hydrogens is 364 g/mol. The van der Waals surface area contributed by atoms with Gasteiger partial charge in [0.15, 0.2) is 0 Å². The summed E-state index contributed by atoms with van der Waals surface area (Å²) in [5, 5.41) is 0. The van der Waals surface area contributed by atoms with Gasteiger partial charge in [0.1, 0.15) is 11.5 Å². The van der Waals surface area contributed by atoms with Crippen LogP contribution in [0.3, 0.4) is 0 Å². The van der Waals surface area contributed by atoms with Crippen LogP contribution in [0.1, 0.15) is 26.7 Å². The number of nitrogens with zero attached hydrogens (tertiary/aromatic N) is 2. The maximum atomic E-state index is 11.9. The van der Waals surface area contributed by atoms with E-state index >= 15 is 0 Å². The Bertz CT molecular complexity index is 528. The Kier molecular flexibility index (Phi) is 12.1. The number of hydrogen-bond acceptors (Lipinski definition) is 8. The molecule has 0 amide bonds. The molecule has 0 heterocycles. The molecule has 0 radical (unpaired) electrons. The van der Waals surface area contributed by atoms with Crippen LogP contribution in [-0.2, 0) is 19.1 Å². The van der Waals surface area contributed by atoms with Crippen LogP contribution in [0, 0.1) is 0 Å². The van der Waals surface area contributed by atoms with Crippen molar-refractivity contribution in [3.8, 4) is 11.5 Å². The zero-order valence-corrected chi connectivity index (χ0v) is 17.3. The highest BCUT2D eigenvalue weighted by molar-refractivity contribution is 5.73. The monoisotopic (exact) mass is 396 g/mol. The van der Waals surface area contributed by atoms with E-state index in [1.165, 1.54) is 0 Å². The number of ether oxygens (including phenoxy) is 4. The number of benzene rings is 1. The fourth-order valence-corrected chi connectivity index (χ4v) is 2.43. The van der Waals surface area contributed by atoms with Gasteiger partial charge in [0.2, 0.25) is 0 Å². The second kappa shape index (κ2) is 14.1. The number of carbonyl (C=O) groups excluding carboxylic acids is 2. The number of carbonyl (C=O) groups is 2. The Hall–Kier alpha value is -2.00. The van der Waals surface area contributed by atoms with Crippen molar-refractivity contribution < 1.29 is 28.5 Å². The van der Waals surface area contributed by atoms with Gasteiger partial charge >= 0.3 is 11.9 Å². The summed E-state index contributed by atoms with van der Waals surface area (Å²) in [4.78, 5) is 27.9. The van der Waals surface area contributed by atoms with E-state index in [1.54, 1.807) is 38.5 Å². The minimum Gasteiger partial charge on any atom is -0.426 e. The van der Waals surface area contributed by atoms with Crippen molar-refractivity contribution in [2.75, 3.05) is 53.9 Å². The summed E-state index contributed by atoms with van der Waals surface area (Å²) in [6, 6.07) is 6.43. The molecule has 1 aromatic carbocycles. The molecule has 8 nitrogen and oxygen atoms in total. The van der Waals surface area contributed by atoms with Crippen LogP contribution in [0.5, 0.6) is 11.5 Å². The lowest BCUT2D eigenvalue weighted by Gasteiger charge is -2.18. The maximum absolute atomic E-state index is 11.9. The highest BCUT2D eigenvalue weighted by Gasteiger charge is 2.11. The van der Waals surface area contributed by atoms with E-state index < -0.39 is 0 Å². The SMILES string of the molecule is CCN(CCC(=O)Oc1ccc(OC(=O)CCN(CC)COC)cc1)COC. The van der Waals surface area contributed by atoms with Crippen molar-refractivity contribution in [2.24, 2.45) is 0 Å². The first-order valence-corrected chi connectivity index (χ1v) is 9.46. The van der Waals surface area contributed by atoms with E-state index in [9.17, 15) is 9.59 Å². The molecule has 0 fully saturated rings. The molecular formula is C20H32N2O6. The van der Waals surface area contributed by atoms with Crippen LogP contribution in [0.25, 0.3) is 0 Å². The largest absolute Gasteiger partial charge is 0.426 e. The van der Waals surface area contributed by atoms with Crippen molar-refractivity contribution in [1.82, 2.24) is 9.80 Å². The van der Waals surface area contributed by atoms with Gasteiger partial charge in [0.25, 0.3) is 0 Å². The third-order valence-corrected chi connectivity index (χ3v) is 4.07. The van der Waals surface area contributed by atoms with Gasteiger partial charge in [0.05, 0.1) is 26.3 Å². The summed E-state index contributed by atoms with van der Waals surface area (Å²) in [7, 11) is 3.24. The number of esters is 2. The lowest BCUT2D eigenvalue weighted by molar-refractivity contribution is -0.136. The predicted octanol–water partition coefficient (Wildman–Crippen LogP) is 2.13. The second-order valence-electron chi connectivity index (χ2n) is 6.18. The highest BCUT2D eigenvalue weighted by Crippen LogP contribution is 2.18. The molecule has 0 aliphatic rings. The summed E-state index contributed by atoms with van der Waals surface area (Å²) < 4.78 is 20.7. The van der Waals surface area contributed by atoms with Gasteiger partial charge in [0, 0.05) is 27.3 Å². The van der Waals surface area contributed by atoms with Crippen LogP contribution in [-0.4, -0.2) is 75.6 Å². The first-order chi connectivity index (χ1) is 13.5. The molecule has 0 unspecified atom stereocenters. The maximum Gasteiger partial charge on any atom is 0.312 e. The van der Waals surface area contributed by atoms with Gasteiger partial charge in [-0.1, -0.05) is 13.8 Å². The summed E-state index contributed by atoms with van der Waals surface area (Å²) in [5.74, 6) is 0.183. The predicted molar refractivity (Wildman–Crippen MR) is 105 cm³/mol. The molecule has 0 aromatic heterocycles. The summed E-state index contributed by atoms with van der Waals surface area (Å²) >= 11 is 0. The number of methoxy groups -OCH3 is 2. The molecule has 0 aliphatic heterocycles. The smallest absolute Gasteiger partial charge is 0.312 e. The van der Waals surface area contributed by atoms with Crippen molar-refractivity contribution in [1.29, 1.82) is 0 Å². The Morgan fingerprint density at radius 3 is 1.39 bits per heavy atom. The molecule has 0 saturated carbocycles. The fourth-order valence-electron chi connectivity index (χ4n) is 2.43. The highest BCUT2D eigenvalue weighted by atomic mass is 16.5. The van der Waals surface area contributed by atoms with E-state index in [2.05, 4.69) is 0 Å². The van der Waals surface area contributed by atoms with Crippen molar-refractivity contribution in [2.45, 2.75) is 26.7 Å². The number of rotatable bonds is 14. The summed E-state index contributed by atoms with van der Waals surface area (Å²) in [6.45, 7) is 7.68. The van der Waals surface area contributed by atoms with E-state index in [0.717, 1.165) is 13.1 Å². The molecule has 8 heteroatoms. The zero-order chi connectivity index (χ0) is 20.8. The van der Waals surface area contributed by atoms with Crippen LogP contribution in [0.15, 0.2) is 24.3 Å². The van der Waals surface area contributed by atoms with E-state index in [0.29, 0.717) is 38.1 Å². The molecule has 1 aromatic rings. The van der Waals surface area contributed by atoms with Crippen LogP contribution < -0.4 is 9.47 Å². The summed E-state index contributed by atoms with van der Waals surface area (Å²) in [6.07, 6.45) is 0.534. The normalized spacial score (nSPS) is 11.1. The van der Waals surface area contributed by atoms with Gasteiger partial charge < -0.3 is 18.9 Å². The zero-order valence-electron chi connectivity index (χ0n) is 17.3. The standard InChI is InChI=1S/C20H32N2O6/c1-5-21(15-25-3)13-11-19(23)27-17-7-9-18(10-8-17)28-20(24)12-14-22(6-2)16-26-4/h7-10H,5-6,11-16H2,1-4H3. The molecule has 0 saturated heterocycles. The van der Waals surface area contributed by atoms with Crippen molar-refractivity contribution in [3.63, 3.8) is 0 Å². The minimum absolute atomic E-state index is 0.267. The lowest BCUT2D eigenvalue weighted by Crippen LogP contribution is -2.29. The molecule has 158 valence electrons. The molecule has 0 N–H and O–H groups in total. The molecule has 0 atom stereocenters. The molecule has 0 spiro atoms. The lowest BCUT2D eigenvalue weighted by atomic mass is 10.3. The van der Waals surface area contributed by atoms with Crippen molar-refractivity contribution >= 4 is 11.9 Å². The molecule has 28 heavy (non-hydrogen) atoms. The quantitative estimate of drug-likeness (QED) is 0.269. The molecule has 0 bridgehead atoms. The Labute approximate surface area is 167 Å². The van der Waals surface area contributed by atoms with Crippen LogP contribution in [0.2, 0.25) is 0 Å². The van der Waals surface area contributed by atoms with E-state index in [-0.39, 0.29) is 24.8 Å². The van der Waals surface area contributed by atoms with Crippen molar-refractivity contribution in [3.05, 3.63) is 24.3 Å². The first-order valence-electron chi connectivity index (χ1n) is 9.46. The average molecular weight is 396 g/mol. The van der Waals surface area contributed by atoms with Gasteiger partial charge in [-0.15, -0.1) is 0 Å². The Morgan fingerprint density at radius 2 is 1.11 bits per heavy atom. The van der Waals surface area contributed by atoms with Gasteiger partial charge in [-0.2, -0.15) is 0 Å². The van der Waals surface area contributed by atoms with E-state index in [4.69, 9.17) is 18.9 Å². The fraction of sp³-hybridized carbons (Fsp3) is 0.600. The van der Waals surface area contributed by atoms with Crippen LogP contribution >= 0.6 is 0 Å².